The zero-order chi connectivity index (χ0) is 21.7. The Balaban J connectivity index is 1.26. The molecule has 161 valence electrons. The Morgan fingerprint density at radius 1 is 1.03 bits per heavy atom. The molecule has 2 fully saturated rings. The summed E-state index contributed by atoms with van der Waals surface area (Å²) in [5, 5.41) is 4.40. The number of rotatable bonds is 3. The molecule has 0 saturated carbocycles. The summed E-state index contributed by atoms with van der Waals surface area (Å²) < 4.78 is 15.3. The van der Waals surface area contributed by atoms with Gasteiger partial charge < -0.3 is 9.80 Å². The molecule has 2 bridgehead atoms. The zero-order valence-electron chi connectivity index (χ0n) is 17.8. The van der Waals surface area contributed by atoms with Gasteiger partial charge in [0.25, 0.3) is 0 Å². The summed E-state index contributed by atoms with van der Waals surface area (Å²) >= 11 is 0. The van der Waals surface area contributed by atoms with E-state index >= 15 is 0 Å². The van der Waals surface area contributed by atoms with Crippen molar-refractivity contribution in [3.63, 3.8) is 0 Å². The third kappa shape index (κ3) is 3.45. The second kappa shape index (κ2) is 7.55. The summed E-state index contributed by atoms with van der Waals surface area (Å²) in [6, 6.07) is 8.63. The Morgan fingerprint density at radius 2 is 1.84 bits per heavy atom. The number of aromatic nitrogens is 5. The predicted molar refractivity (Wildman–Crippen MR) is 120 cm³/mol. The monoisotopic (exact) mass is 428 g/mol. The fraction of sp³-hybridized carbons (Fsp3) is 0.333. The van der Waals surface area contributed by atoms with Gasteiger partial charge in [-0.1, -0.05) is 0 Å². The van der Waals surface area contributed by atoms with Gasteiger partial charge in [0.1, 0.15) is 23.5 Å². The quantitative estimate of drug-likeness (QED) is 0.498. The highest BCUT2D eigenvalue weighted by atomic mass is 19.1. The van der Waals surface area contributed by atoms with Crippen molar-refractivity contribution in [2.24, 2.45) is 11.8 Å². The molecule has 32 heavy (non-hydrogen) atoms. The van der Waals surface area contributed by atoms with Crippen LogP contribution in [0.2, 0.25) is 0 Å². The molecule has 7 nitrogen and oxygen atoms in total. The van der Waals surface area contributed by atoms with Crippen molar-refractivity contribution >= 4 is 22.5 Å². The second-order valence-electron chi connectivity index (χ2n) is 8.83. The van der Waals surface area contributed by atoms with Crippen LogP contribution in [0.1, 0.15) is 12.1 Å². The van der Waals surface area contributed by atoms with E-state index < -0.39 is 0 Å². The molecule has 5 heterocycles. The summed E-state index contributed by atoms with van der Waals surface area (Å²) in [4.78, 5) is 18.4. The van der Waals surface area contributed by atoms with Crippen LogP contribution in [-0.4, -0.2) is 50.9 Å². The van der Waals surface area contributed by atoms with Crippen LogP contribution in [0.5, 0.6) is 0 Å². The number of fused-ring (bicyclic) bond motifs is 3. The zero-order valence-corrected chi connectivity index (χ0v) is 17.8. The molecule has 6 rings (SSSR count). The van der Waals surface area contributed by atoms with Gasteiger partial charge in [0.15, 0.2) is 0 Å². The first-order chi connectivity index (χ1) is 15.6. The van der Waals surface area contributed by atoms with Crippen molar-refractivity contribution in [1.82, 2.24) is 24.7 Å². The molecule has 2 saturated heterocycles. The smallest absolute Gasteiger partial charge is 0.147 e. The van der Waals surface area contributed by atoms with Crippen LogP contribution >= 0.6 is 0 Å². The third-order valence-electron chi connectivity index (χ3n) is 6.40. The highest BCUT2D eigenvalue weighted by molar-refractivity contribution is 5.75. The largest absolute Gasteiger partial charge is 0.369 e. The summed E-state index contributed by atoms with van der Waals surface area (Å²) in [6.07, 6.45) is 9.88. The van der Waals surface area contributed by atoms with Crippen molar-refractivity contribution < 1.29 is 4.39 Å². The molecule has 0 amide bonds. The Kier molecular flexibility index (Phi) is 4.52. The molecule has 2 unspecified atom stereocenters. The van der Waals surface area contributed by atoms with E-state index in [0.29, 0.717) is 17.4 Å². The highest BCUT2D eigenvalue weighted by Gasteiger charge is 2.35. The molecule has 4 aromatic rings. The number of aryl methyl sites for hydroxylation is 1. The minimum Gasteiger partial charge on any atom is -0.369 e. The third-order valence-corrected chi connectivity index (χ3v) is 6.40. The van der Waals surface area contributed by atoms with Crippen LogP contribution < -0.4 is 9.80 Å². The average molecular weight is 428 g/mol. The first-order valence-corrected chi connectivity index (χ1v) is 10.9. The lowest BCUT2D eigenvalue weighted by atomic mass is 9.84. The Bertz CT molecular complexity index is 1260. The van der Waals surface area contributed by atoms with Gasteiger partial charge in [-0.3, -0.25) is 4.98 Å². The van der Waals surface area contributed by atoms with Gasteiger partial charge in [-0.25, -0.2) is 19.0 Å². The van der Waals surface area contributed by atoms with Crippen LogP contribution in [0, 0.1) is 30.8 Å². The maximum atomic E-state index is 13.5. The molecular formula is C24H23FN7. The van der Waals surface area contributed by atoms with E-state index in [1.807, 2.05) is 23.9 Å². The minimum absolute atomic E-state index is 0.287. The van der Waals surface area contributed by atoms with Crippen molar-refractivity contribution in [3.8, 4) is 5.69 Å². The average Bonchev–Trinajstić information content (AvgIpc) is 3.32. The first kappa shape index (κ1) is 19.2. The fourth-order valence-electron chi connectivity index (χ4n) is 5.10. The number of pyridine rings is 1. The number of nitrogens with zero attached hydrogens (tertiary/aromatic N) is 7. The van der Waals surface area contributed by atoms with E-state index in [4.69, 9.17) is 4.98 Å². The van der Waals surface area contributed by atoms with Crippen LogP contribution in [0.25, 0.3) is 16.7 Å². The minimum atomic E-state index is -0.287. The molecule has 2 atom stereocenters. The molecule has 3 aromatic heterocycles. The molecule has 0 spiro atoms. The number of hydrogen-bond donors (Lipinski definition) is 0. The van der Waals surface area contributed by atoms with Crippen molar-refractivity contribution in [1.29, 1.82) is 0 Å². The van der Waals surface area contributed by atoms with Gasteiger partial charge in [-0.15, -0.1) is 0 Å². The van der Waals surface area contributed by atoms with Crippen molar-refractivity contribution in [2.45, 2.75) is 13.3 Å². The summed E-state index contributed by atoms with van der Waals surface area (Å²) in [5.41, 5.74) is 4.30. The van der Waals surface area contributed by atoms with Crippen LogP contribution in [0.15, 0.2) is 48.9 Å². The molecule has 0 N–H and O–H groups in total. The Morgan fingerprint density at radius 3 is 2.62 bits per heavy atom. The van der Waals surface area contributed by atoms with E-state index in [1.165, 1.54) is 18.6 Å². The van der Waals surface area contributed by atoms with Crippen molar-refractivity contribution in [2.75, 3.05) is 36.0 Å². The summed E-state index contributed by atoms with van der Waals surface area (Å²) in [7, 11) is 0. The van der Waals surface area contributed by atoms with E-state index in [9.17, 15) is 4.39 Å². The number of anilines is 2. The Labute approximate surface area is 185 Å². The lowest BCUT2D eigenvalue weighted by Gasteiger charge is -2.47. The summed E-state index contributed by atoms with van der Waals surface area (Å²) in [6.45, 7) is 5.79. The maximum absolute atomic E-state index is 13.5. The van der Waals surface area contributed by atoms with Gasteiger partial charge in [0.2, 0.25) is 0 Å². The SMILES string of the molecule is Cc1cc(N2CC3CC(CN(c4cnc5cc(F)ccc5n4)C3)C2)c(-n2cccn2)[c]n1. The Hall–Kier alpha value is -3.55. The van der Waals surface area contributed by atoms with E-state index in [1.54, 1.807) is 18.5 Å². The molecule has 8 heteroatoms. The number of hydrogen-bond acceptors (Lipinski definition) is 6. The molecule has 1 aromatic carbocycles. The molecular weight excluding hydrogens is 405 g/mol. The van der Waals surface area contributed by atoms with E-state index in [0.717, 1.165) is 54.6 Å². The van der Waals surface area contributed by atoms with Gasteiger partial charge in [0.05, 0.1) is 22.9 Å². The second-order valence-corrected chi connectivity index (χ2v) is 8.83. The topological polar surface area (TPSA) is 63.0 Å². The van der Waals surface area contributed by atoms with Crippen molar-refractivity contribution in [3.05, 3.63) is 66.6 Å². The van der Waals surface area contributed by atoms with Crippen LogP contribution in [0.4, 0.5) is 15.9 Å². The van der Waals surface area contributed by atoms with Gasteiger partial charge in [0, 0.05) is 50.3 Å². The summed E-state index contributed by atoms with van der Waals surface area (Å²) in [5.74, 6) is 1.63. The first-order valence-electron chi connectivity index (χ1n) is 10.9. The lowest BCUT2D eigenvalue weighted by Crippen LogP contribution is -2.53. The molecule has 0 aliphatic carbocycles. The van der Waals surface area contributed by atoms with Crippen LogP contribution in [-0.2, 0) is 0 Å². The van der Waals surface area contributed by atoms with Gasteiger partial charge in [-0.2, -0.15) is 5.10 Å². The molecule has 2 aliphatic rings. The number of benzene rings is 1. The van der Waals surface area contributed by atoms with Gasteiger partial charge >= 0.3 is 0 Å². The molecule has 1 radical (unpaired) electrons. The fourth-order valence-corrected chi connectivity index (χ4v) is 5.10. The normalized spacial score (nSPS) is 20.7. The highest BCUT2D eigenvalue weighted by Crippen LogP contribution is 2.35. The van der Waals surface area contributed by atoms with E-state index in [2.05, 4.69) is 37.1 Å². The predicted octanol–water partition coefficient (Wildman–Crippen LogP) is 3.42. The van der Waals surface area contributed by atoms with E-state index in [-0.39, 0.29) is 5.82 Å². The molecule has 2 aliphatic heterocycles. The van der Waals surface area contributed by atoms with Gasteiger partial charge in [-0.05, 0) is 49.4 Å². The standard InChI is InChI=1S/C24H23FN7/c1-16-7-22(23(10-26-16)32-6-2-5-28-32)30-12-17-8-18(13-30)15-31(14-17)24-11-27-21-9-19(25)3-4-20(21)29-24/h2-7,9,11,17-18H,8,12-15H2,1H3. The number of piperidine rings is 2. The van der Waals surface area contributed by atoms with Crippen LogP contribution in [0.3, 0.4) is 0 Å². The lowest BCUT2D eigenvalue weighted by molar-refractivity contribution is 0.275. The maximum Gasteiger partial charge on any atom is 0.147 e. The number of halogens is 1.